The van der Waals surface area contributed by atoms with Crippen LogP contribution in [-0.2, 0) is 4.74 Å². The molecule has 0 aromatic heterocycles. The molecule has 0 atom stereocenters. The van der Waals surface area contributed by atoms with Crippen molar-refractivity contribution >= 4 is 11.6 Å². The predicted octanol–water partition coefficient (Wildman–Crippen LogP) is 5.65. The van der Waals surface area contributed by atoms with E-state index in [1.165, 1.54) is 44.9 Å². The molecule has 0 bridgehead atoms. The van der Waals surface area contributed by atoms with E-state index in [4.69, 9.17) is 16.3 Å². The summed E-state index contributed by atoms with van der Waals surface area (Å²) in [5, 5.41) is 0. The molecule has 0 aromatic carbocycles. The smallest absolute Gasteiger partial charge is 0.0488 e. The van der Waals surface area contributed by atoms with E-state index in [0.717, 1.165) is 31.4 Å². The summed E-state index contributed by atoms with van der Waals surface area (Å²) in [5.41, 5.74) is 0.376. The molecule has 0 N–H and O–H groups in total. The molecule has 1 aliphatic rings. The maximum Gasteiger partial charge on any atom is 0.0488 e. The van der Waals surface area contributed by atoms with Crippen molar-refractivity contribution in [1.82, 2.24) is 0 Å². The SMILES string of the molecule is CCCCC1CCC(CCl)(CCOCC(C)C)CC1. The molecule has 1 rings (SSSR count). The highest BCUT2D eigenvalue weighted by atomic mass is 35.5. The Kier molecular flexibility index (Phi) is 8.41. The van der Waals surface area contributed by atoms with Crippen LogP contribution in [-0.4, -0.2) is 19.1 Å². The zero-order valence-electron chi connectivity index (χ0n) is 13.2. The first-order valence-corrected chi connectivity index (χ1v) is 8.79. The van der Waals surface area contributed by atoms with E-state index in [1.807, 2.05) is 0 Å². The minimum atomic E-state index is 0.376. The summed E-state index contributed by atoms with van der Waals surface area (Å²) < 4.78 is 5.76. The van der Waals surface area contributed by atoms with Crippen LogP contribution in [0.15, 0.2) is 0 Å². The number of ether oxygens (including phenoxy) is 1. The summed E-state index contributed by atoms with van der Waals surface area (Å²) in [6, 6.07) is 0. The molecule has 1 nitrogen and oxygen atoms in total. The van der Waals surface area contributed by atoms with Gasteiger partial charge in [-0.2, -0.15) is 0 Å². The minimum absolute atomic E-state index is 0.376. The molecule has 1 aliphatic carbocycles. The van der Waals surface area contributed by atoms with Gasteiger partial charge in [-0.3, -0.25) is 0 Å². The number of unbranched alkanes of at least 4 members (excludes halogenated alkanes) is 1. The Morgan fingerprint density at radius 2 is 1.95 bits per heavy atom. The Labute approximate surface area is 125 Å². The lowest BCUT2D eigenvalue weighted by Crippen LogP contribution is -2.31. The van der Waals surface area contributed by atoms with Gasteiger partial charge in [-0.05, 0) is 49.4 Å². The molecule has 0 aliphatic heterocycles. The lowest BCUT2D eigenvalue weighted by atomic mass is 9.69. The first kappa shape index (κ1) is 17.3. The molecule has 0 heterocycles. The van der Waals surface area contributed by atoms with Gasteiger partial charge in [0.25, 0.3) is 0 Å². The van der Waals surface area contributed by atoms with Gasteiger partial charge in [0.15, 0.2) is 0 Å². The van der Waals surface area contributed by atoms with Crippen molar-refractivity contribution in [3.05, 3.63) is 0 Å². The van der Waals surface area contributed by atoms with Crippen LogP contribution in [0.2, 0.25) is 0 Å². The van der Waals surface area contributed by atoms with Crippen molar-refractivity contribution in [1.29, 1.82) is 0 Å². The molecule has 19 heavy (non-hydrogen) atoms. The van der Waals surface area contributed by atoms with E-state index in [-0.39, 0.29) is 0 Å². The fourth-order valence-electron chi connectivity index (χ4n) is 3.13. The summed E-state index contributed by atoms with van der Waals surface area (Å²) in [5.74, 6) is 2.42. The van der Waals surface area contributed by atoms with E-state index in [1.54, 1.807) is 0 Å². The molecular weight excluding hydrogens is 256 g/mol. The number of alkyl halides is 1. The summed E-state index contributed by atoms with van der Waals surface area (Å²) in [7, 11) is 0. The quantitative estimate of drug-likeness (QED) is 0.393. The minimum Gasteiger partial charge on any atom is -0.381 e. The topological polar surface area (TPSA) is 9.23 Å². The summed E-state index contributed by atoms with van der Waals surface area (Å²) in [6.45, 7) is 8.48. The zero-order valence-corrected chi connectivity index (χ0v) is 14.0. The summed E-state index contributed by atoms with van der Waals surface area (Å²) in [4.78, 5) is 0. The highest BCUT2D eigenvalue weighted by Gasteiger charge is 2.34. The van der Waals surface area contributed by atoms with Gasteiger partial charge >= 0.3 is 0 Å². The van der Waals surface area contributed by atoms with Gasteiger partial charge in [-0.1, -0.05) is 40.0 Å². The van der Waals surface area contributed by atoms with Crippen molar-refractivity contribution in [3.63, 3.8) is 0 Å². The molecule has 1 saturated carbocycles. The average molecular weight is 289 g/mol. The Bertz CT molecular complexity index is 219. The van der Waals surface area contributed by atoms with Crippen molar-refractivity contribution in [3.8, 4) is 0 Å². The van der Waals surface area contributed by atoms with Crippen LogP contribution in [0.5, 0.6) is 0 Å². The molecule has 114 valence electrons. The van der Waals surface area contributed by atoms with Gasteiger partial charge in [0.05, 0.1) is 0 Å². The normalized spacial score (nSPS) is 27.9. The van der Waals surface area contributed by atoms with E-state index < -0.39 is 0 Å². The molecule has 0 spiro atoms. The van der Waals surface area contributed by atoms with Crippen LogP contribution in [0.4, 0.5) is 0 Å². The van der Waals surface area contributed by atoms with Crippen LogP contribution in [0, 0.1) is 17.3 Å². The highest BCUT2D eigenvalue weighted by molar-refractivity contribution is 6.18. The van der Waals surface area contributed by atoms with Gasteiger partial charge < -0.3 is 4.74 Å². The largest absolute Gasteiger partial charge is 0.381 e. The molecular formula is C17H33ClO. The second-order valence-corrected chi connectivity index (χ2v) is 7.21. The van der Waals surface area contributed by atoms with Crippen LogP contribution in [0.25, 0.3) is 0 Å². The number of rotatable bonds is 9. The monoisotopic (exact) mass is 288 g/mol. The Morgan fingerprint density at radius 1 is 1.26 bits per heavy atom. The van der Waals surface area contributed by atoms with Gasteiger partial charge in [-0.15, -0.1) is 11.6 Å². The number of halogens is 1. The highest BCUT2D eigenvalue weighted by Crippen LogP contribution is 2.43. The first-order chi connectivity index (χ1) is 9.12. The maximum atomic E-state index is 6.28. The van der Waals surface area contributed by atoms with Gasteiger partial charge in [0.2, 0.25) is 0 Å². The average Bonchev–Trinajstić information content (AvgIpc) is 2.42. The fraction of sp³-hybridized carbons (Fsp3) is 1.00. The summed E-state index contributed by atoms with van der Waals surface area (Å²) >= 11 is 6.28. The van der Waals surface area contributed by atoms with E-state index in [0.29, 0.717) is 11.3 Å². The second kappa shape index (κ2) is 9.23. The van der Waals surface area contributed by atoms with Crippen molar-refractivity contribution in [2.45, 2.75) is 72.1 Å². The lowest BCUT2D eigenvalue weighted by Gasteiger charge is -2.39. The molecule has 0 aromatic rings. The Balaban J connectivity index is 2.25. The van der Waals surface area contributed by atoms with Gasteiger partial charge in [0.1, 0.15) is 0 Å². The Hall–Kier alpha value is 0.250. The molecule has 1 fully saturated rings. The third-order valence-electron chi connectivity index (χ3n) is 4.64. The van der Waals surface area contributed by atoms with Crippen LogP contribution < -0.4 is 0 Å². The third-order valence-corrected chi connectivity index (χ3v) is 5.21. The standard InChI is InChI=1S/C17H33ClO/c1-4-5-6-16-7-9-17(14-18,10-8-16)11-12-19-13-15(2)3/h15-16H,4-14H2,1-3H3. The third kappa shape index (κ3) is 6.49. The second-order valence-electron chi connectivity index (χ2n) is 6.94. The number of hydrogen-bond donors (Lipinski definition) is 0. The molecule has 2 heteroatoms. The van der Waals surface area contributed by atoms with Crippen molar-refractivity contribution in [2.75, 3.05) is 19.1 Å². The van der Waals surface area contributed by atoms with Crippen LogP contribution >= 0.6 is 11.6 Å². The maximum absolute atomic E-state index is 6.28. The first-order valence-electron chi connectivity index (χ1n) is 8.25. The van der Waals surface area contributed by atoms with E-state index >= 15 is 0 Å². The number of hydrogen-bond acceptors (Lipinski definition) is 1. The molecule has 0 unspecified atom stereocenters. The molecule has 0 amide bonds. The van der Waals surface area contributed by atoms with Gasteiger partial charge in [-0.25, -0.2) is 0 Å². The zero-order chi connectivity index (χ0) is 14.1. The predicted molar refractivity (Wildman–Crippen MR) is 84.9 cm³/mol. The lowest BCUT2D eigenvalue weighted by molar-refractivity contribution is 0.0611. The molecule has 0 saturated heterocycles. The summed E-state index contributed by atoms with van der Waals surface area (Å²) in [6.07, 6.45) is 10.7. The van der Waals surface area contributed by atoms with Crippen LogP contribution in [0.1, 0.15) is 72.1 Å². The van der Waals surface area contributed by atoms with Gasteiger partial charge in [0, 0.05) is 19.1 Å². The van der Waals surface area contributed by atoms with Crippen LogP contribution in [0.3, 0.4) is 0 Å². The van der Waals surface area contributed by atoms with Crippen molar-refractivity contribution < 1.29 is 4.74 Å². The Morgan fingerprint density at radius 3 is 2.47 bits per heavy atom. The van der Waals surface area contributed by atoms with E-state index in [9.17, 15) is 0 Å². The molecule has 0 radical (unpaired) electrons. The fourth-order valence-corrected chi connectivity index (χ4v) is 3.53. The van der Waals surface area contributed by atoms with Crippen molar-refractivity contribution in [2.24, 2.45) is 17.3 Å². The van der Waals surface area contributed by atoms with E-state index in [2.05, 4.69) is 20.8 Å².